The number of carbonyl (C=O) groups excluding carboxylic acids is 1. The van der Waals surface area contributed by atoms with E-state index in [4.69, 9.17) is 20.8 Å². The van der Waals surface area contributed by atoms with Gasteiger partial charge >= 0.3 is 0 Å². The summed E-state index contributed by atoms with van der Waals surface area (Å²) in [7, 11) is -3.12. The maximum Gasteiger partial charge on any atom is 0.261 e. The van der Waals surface area contributed by atoms with Gasteiger partial charge < -0.3 is 14.5 Å². The maximum atomic E-state index is 14.4. The van der Waals surface area contributed by atoms with Gasteiger partial charge in [-0.3, -0.25) is 9.59 Å². The van der Waals surface area contributed by atoms with E-state index in [0.717, 1.165) is 0 Å². The Morgan fingerprint density at radius 2 is 2.03 bits per heavy atom. The highest BCUT2D eigenvalue weighted by atomic mass is 35.5. The number of hydrogen-bond donors (Lipinski definition) is 1. The molecule has 1 aromatic heterocycles. The van der Waals surface area contributed by atoms with E-state index in [1.165, 1.54) is 50.2 Å². The Morgan fingerprint density at radius 3 is 2.70 bits per heavy atom. The van der Waals surface area contributed by atoms with Crippen LogP contribution in [0.5, 0.6) is 5.75 Å². The Kier molecular flexibility index (Phi) is 6.20. The van der Waals surface area contributed by atoms with Gasteiger partial charge in [0.25, 0.3) is 5.91 Å². The number of hydrogen-bond acceptors (Lipinski definition) is 6. The predicted octanol–water partition coefficient (Wildman–Crippen LogP) is 3.63. The summed E-state index contributed by atoms with van der Waals surface area (Å²) < 4.78 is 49.0. The minimum absolute atomic E-state index is 0.0214. The van der Waals surface area contributed by atoms with Gasteiger partial charge in [-0.1, -0.05) is 17.7 Å². The molecule has 33 heavy (non-hydrogen) atoms. The number of benzene rings is 2. The number of carbonyl (C=O) groups is 1. The summed E-state index contributed by atoms with van der Waals surface area (Å²) in [5, 5.41) is 2.98. The van der Waals surface area contributed by atoms with Crippen molar-refractivity contribution in [1.29, 1.82) is 0 Å². The highest BCUT2D eigenvalue weighted by Crippen LogP contribution is 2.33. The summed E-state index contributed by atoms with van der Waals surface area (Å²) in [6, 6.07) is 8.18. The number of sulfone groups is 1. The van der Waals surface area contributed by atoms with Gasteiger partial charge in [0.1, 0.15) is 22.9 Å². The van der Waals surface area contributed by atoms with Crippen molar-refractivity contribution >= 4 is 38.3 Å². The lowest BCUT2D eigenvalue weighted by Gasteiger charge is -2.17. The van der Waals surface area contributed by atoms with Gasteiger partial charge in [0.15, 0.2) is 15.9 Å². The SMILES string of the molecule is Cc1oc2cc(O[C@H](C)C(=O)N[C@H]3CCS(=O)(=O)C3)ccc2c(=O)c1-c1c(F)cccc1Cl. The van der Waals surface area contributed by atoms with E-state index < -0.39 is 39.1 Å². The fourth-order valence-corrected chi connectivity index (χ4v) is 5.80. The van der Waals surface area contributed by atoms with E-state index in [1.807, 2.05) is 0 Å². The first-order valence-corrected chi connectivity index (χ1v) is 12.4. The van der Waals surface area contributed by atoms with Crippen LogP contribution in [0, 0.1) is 12.7 Å². The van der Waals surface area contributed by atoms with Gasteiger partial charge in [-0.2, -0.15) is 0 Å². The van der Waals surface area contributed by atoms with Crippen LogP contribution in [-0.2, 0) is 14.6 Å². The van der Waals surface area contributed by atoms with Gasteiger partial charge in [-0.05, 0) is 44.5 Å². The van der Waals surface area contributed by atoms with E-state index in [-0.39, 0.29) is 50.1 Å². The van der Waals surface area contributed by atoms with E-state index in [9.17, 15) is 22.4 Å². The third kappa shape index (κ3) is 4.74. The molecule has 0 spiro atoms. The number of rotatable bonds is 5. The normalized spacial score (nSPS) is 18.2. The van der Waals surface area contributed by atoms with E-state index in [1.54, 1.807) is 0 Å². The average Bonchev–Trinajstić information content (AvgIpc) is 3.08. The molecule has 1 N–H and O–H groups in total. The predicted molar refractivity (Wildman–Crippen MR) is 123 cm³/mol. The number of ether oxygens (including phenoxy) is 1. The van der Waals surface area contributed by atoms with Gasteiger partial charge in [-0.25, -0.2) is 12.8 Å². The number of aryl methyl sites for hydroxylation is 1. The molecule has 0 radical (unpaired) electrons. The van der Waals surface area contributed by atoms with Crippen LogP contribution >= 0.6 is 11.6 Å². The lowest BCUT2D eigenvalue weighted by molar-refractivity contribution is -0.127. The Labute approximate surface area is 194 Å². The maximum absolute atomic E-state index is 14.4. The fraction of sp³-hybridized carbons (Fsp3) is 0.304. The van der Waals surface area contributed by atoms with Crippen LogP contribution in [0.1, 0.15) is 19.1 Å². The molecule has 0 aliphatic carbocycles. The van der Waals surface area contributed by atoms with Crippen molar-refractivity contribution in [3.63, 3.8) is 0 Å². The molecule has 2 heterocycles. The minimum atomic E-state index is -3.12. The Hall–Kier alpha value is -2.91. The van der Waals surface area contributed by atoms with Gasteiger partial charge in [-0.15, -0.1) is 0 Å². The van der Waals surface area contributed by atoms with E-state index in [0.29, 0.717) is 6.42 Å². The summed E-state index contributed by atoms with van der Waals surface area (Å²) in [5.74, 6) is -0.643. The monoisotopic (exact) mass is 493 g/mol. The summed E-state index contributed by atoms with van der Waals surface area (Å²) in [4.78, 5) is 25.5. The number of fused-ring (bicyclic) bond motifs is 1. The zero-order valence-corrected chi connectivity index (χ0v) is 19.4. The molecule has 1 amide bonds. The molecule has 0 saturated carbocycles. The first-order valence-electron chi connectivity index (χ1n) is 10.2. The molecule has 174 valence electrons. The van der Waals surface area contributed by atoms with Crippen LogP contribution in [-0.4, -0.2) is 38.0 Å². The molecule has 7 nitrogen and oxygen atoms in total. The fourth-order valence-electron chi connectivity index (χ4n) is 3.87. The Bertz CT molecular complexity index is 1400. The minimum Gasteiger partial charge on any atom is -0.481 e. The molecule has 2 atom stereocenters. The van der Waals surface area contributed by atoms with Crippen LogP contribution in [0.15, 0.2) is 45.6 Å². The van der Waals surface area contributed by atoms with Crippen LogP contribution < -0.4 is 15.5 Å². The molecular weight excluding hydrogens is 473 g/mol. The number of amides is 1. The molecule has 10 heteroatoms. The molecule has 4 rings (SSSR count). The third-order valence-corrected chi connectivity index (χ3v) is 7.60. The lowest BCUT2D eigenvalue weighted by Crippen LogP contribution is -2.43. The van der Waals surface area contributed by atoms with Crippen LogP contribution in [0.2, 0.25) is 5.02 Å². The topological polar surface area (TPSA) is 103 Å². The summed E-state index contributed by atoms with van der Waals surface area (Å²) in [6.45, 7) is 3.08. The van der Waals surface area contributed by atoms with Gasteiger partial charge in [0, 0.05) is 17.7 Å². The molecule has 1 saturated heterocycles. The molecule has 2 aromatic carbocycles. The Morgan fingerprint density at radius 1 is 1.27 bits per heavy atom. The van der Waals surface area contributed by atoms with Crippen molar-refractivity contribution < 1.29 is 26.8 Å². The summed E-state index contributed by atoms with van der Waals surface area (Å²) in [5.41, 5.74) is -0.216. The smallest absolute Gasteiger partial charge is 0.261 e. The second-order valence-electron chi connectivity index (χ2n) is 7.99. The van der Waals surface area contributed by atoms with Gasteiger partial charge in [0.05, 0.1) is 27.5 Å². The standard InChI is InChI=1S/C23H21ClFNO6S/c1-12-20(21-17(24)4-3-5-18(21)25)22(27)16-7-6-15(10-19(16)32-12)31-13(2)23(28)26-14-8-9-33(29,30)11-14/h3-7,10,13-14H,8-9,11H2,1-2H3,(H,26,28)/t13-,14+/m1/s1. The highest BCUT2D eigenvalue weighted by molar-refractivity contribution is 7.91. The molecule has 0 bridgehead atoms. The largest absolute Gasteiger partial charge is 0.481 e. The van der Waals surface area contributed by atoms with Crippen molar-refractivity contribution in [1.82, 2.24) is 5.32 Å². The van der Waals surface area contributed by atoms with Crippen LogP contribution in [0.25, 0.3) is 22.1 Å². The molecule has 1 fully saturated rings. The molecule has 0 unspecified atom stereocenters. The first kappa shape index (κ1) is 23.3. The van der Waals surface area contributed by atoms with Crippen molar-refractivity contribution in [2.24, 2.45) is 0 Å². The molecule has 1 aliphatic heterocycles. The van der Waals surface area contributed by atoms with E-state index in [2.05, 4.69) is 5.32 Å². The zero-order valence-electron chi connectivity index (χ0n) is 17.9. The number of halogens is 2. The third-order valence-electron chi connectivity index (χ3n) is 5.51. The summed E-state index contributed by atoms with van der Waals surface area (Å²) in [6.07, 6.45) is -0.537. The van der Waals surface area contributed by atoms with Crippen LogP contribution in [0.3, 0.4) is 0 Å². The van der Waals surface area contributed by atoms with Crippen molar-refractivity contribution in [2.75, 3.05) is 11.5 Å². The lowest BCUT2D eigenvalue weighted by atomic mass is 10.0. The quantitative estimate of drug-likeness (QED) is 0.582. The molecular formula is C23H21ClFNO6S. The summed E-state index contributed by atoms with van der Waals surface area (Å²) >= 11 is 6.14. The van der Waals surface area contributed by atoms with Crippen molar-refractivity contribution in [3.8, 4) is 16.9 Å². The second-order valence-corrected chi connectivity index (χ2v) is 10.6. The van der Waals surface area contributed by atoms with Crippen molar-refractivity contribution in [3.05, 3.63) is 63.2 Å². The van der Waals surface area contributed by atoms with Gasteiger partial charge in [0.2, 0.25) is 5.43 Å². The number of nitrogens with one attached hydrogen (secondary N) is 1. The Balaban J connectivity index is 1.59. The molecule has 1 aliphatic rings. The van der Waals surface area contributed by atoms with Crippen molar-refractivity contribution in [2.45, 2.75) is 32.4 Å². The first-order chi connectivity index (χ1) is 15.6. The van der Waals surface area contributed by atoms with Crippen LogP contribution in [0.4, 0.5) is 4.39 Å². The average molecular weight is 494 g/mol. The second kappa shape index (κ2) is 8.79. The highest BCUT2D eigenvalue weighted by Gasteiger charge is 2.30. The zero-order chi connectivity index (χ0) is 23.9. The van der Waals surface area contributed by atoms with E-state index >= 15 is 0 Å². The molecule has 3 aromatic rings.